The number of primary amides is 1. The van der Waals surface area contributed by atoms with Crippen LogP contribution in [0.25, 0.3) is 10.9 Å². The fourth-order valence-corrected chi connectivity index (χ4v) is 3.80. The first kappa shape index (κ1) is 18.5. The molecule has 2 aromatic rings. The predicted octanol–water partition coefficient (Wildman–Crippen LogP) is 2.24. The highest BCUT2D eigenvalue weighted by molar-refractivity contribution is 5.99. The molecule has 3 rings (SSSR count). The molecule has 0 atom stereocenters. The third kappa shape index (κ3) is 3.33. The number of benzene rings is 1. The molecule has 1 aromatic heterocycles. The van der Waals surface area contributed by atoms with E-state index in [4.69, 9.17) is 10.5 Å². The van der Waals surface area contributed by atoms with Crippen LogP contribution in [0.5, 0.6) is 0 Å². The summed E-state index contributed by atoms with van der Waals surface area (Å²) in [5, 5.41) is 1.11. The summed E-state index contributed by atoms with van der Waals surface area (Å²) in [7, 11) is 1.70. The normalized spacial score (nSPS) is 15.6. The van der Waals surface area contributed by atoms with E-state index in [2.05, 4.69) is 18.4 Å². The number of aryl methyl sites for hydroxylation is 1. The Kier molecular flexibility index (Phi) is 5.32. The standard InChI is InChI=1S/C20H27N3O3/c1-13-14(2)23(10-11-26-3)18-5-4-16(12-17(13)18)20(25)22-8-6-15(7-9-22)19(21)24/h4-5,12,15H,6-11H2,1-3H3,(H2,21,24). The number of piperidine rings is 1. The summed E-state index contributed by atoms with van der Waals surface area (Å²) in [6.07, 6.45) is 1.30. The van der Waals surface area contributed by atoms with Crippen LogP contribution in [0.15, 0.2) is 18.2 Å². The molecule has 0 aliphatic carbocycles. The number of nitrogens with two attached hydrogens (primary N) is 1. The number of methoxy groups -OCH3 is 1. The molecule has 1 aliphatic rings. The van der Waals surface area contributed by atoms with Crippen molar-refractivity contribution in [2.75, 3.05) is 26.8 Å². The van der Waals surface area contributed by atoms with Gasteiger partial charge in [-0.1, -0.05) is 0 Å². The van der Waals surface area contributed by atoms with E-state index in [1.807, 2.05) is 23.1 Å². The molecule has 1 fully saturated rings. The average molecular weight is 357 g/mol. The molecule has 1 aromatic carbocycles. The molecule has 0 saturated carbocycles. The lowest BCUT2D eigenvalue weighted by molar-refractivity contribution is -0.123. The maximum absolute atomic E-state index is 12.9. The maximum atomic E-state index is 12.9. The molecule has 2 heterocycles. The number of rotatable bonds is 5. The highest BCUT2D eigenvalue weighted by Gasteiger charge is 2.26. The van der Waals surface area contributed by atoms with Crippen LogP contribution >= 0.6 is 0 Å². The van der Waals surface area contributed by atoms with Crippen molar-refractivity contribution >= 4 is 22.7 Å². The van der Waals surface area contributed by atoms with Gasteiger partial charge in [0.05, 0.1) is 6.61 Å². The van der Waals surface area contributed by atoms with Crippen molar-refractivity contribution in [3.05, 3.63) is 35.0 Å². The largest absolute Gasteiger partial charge is 0.383 e. The Labute approximate surface area is 153 Å². The van der Waals surface area contributed by atoms with Gasteiger partial charge < -0.3 is 19.9 Å². The number of likely N-dealkylation sites (tertiary alicyclic amines) is 1. The van der Waals surface area contributed by atoms with E-state index >= 15 is 0 Å². The van der Waals surface area contributed by atoms with Gasteiger partial charge >= 0.3 is 0 Å². The number of carbonyl (C=O) groups excluding carboxylic acids is 2. The molecule has 1 aliphatic heterocycles. The molecule has 140 valence electrons. The highest BCUT2D eigenvalue weighted by Crippen LogP contribution is 2.27. The molecule has 2 N–H and O–H groups in total. The van der Waals surface area contributed by atoms with Gasteiger partial charge in [-0.25, -0.2) is 0 Å². The van der Waals surface area contributed by atoms with Gasteiger partial charge in [-0.15, -0.1) is 0 Å². The van der Waals surface area contributed by atoms with Crippen LogP contribution in [0.4, 0.5) is 0 Å². The number of carbonyl (C=O) groups is 2. The second kappa shape index (κ2) is 7.50. The van der Waals surface area contributed by atoms with Crippen LogP contribution in [-0.2, 0) is 16.1 Å². The molecule has 26 heavy (non-hydrogen) atoms. The monoisotopic (exact) mass is 357 g/mol. The Morgan fingerprint density at radius 2 is 1.92 bits per heavy atom. The van der Waals surface area contributed by atoms with E-state index in [0.717, 1.165) is 17.4 Å². The summed E-state index contributed by atoms with van der Waals surface area (Å²) in [4.78, 5) is 26.0. The minimum Gasteiger partial charge on any atom is -0.383 e. The van der Waals surface area contributed by atoms with Crippen molar-refractivity contribution in [3.8, 4) is 0 Å². The van der Waals surface area contributed by atoms with Gasteiger partial charge in [-0.05, 0) is 50.5 Å². The van der Waals surface area contributed by atoms with E-state index in [1.54, 1.807) is 7.11 Å². The number of hydrogen-bond acceptors (Lipinski definition) is 3. The minimum atomic E-state index is -0.262. The average Bonchev–Trinajstić information content (AvgIpc) is 2.89. The summed E-state index contributed by atoms with van der Waals surface area (Å²) < 4.78 is 7.45. The molecule has 6 nitrogen and oxygen atoms in total. The van der Waals surface area contributed by atoms with Crippen LogP contribution in [0, 0.1) is 19.8 Å². The second-order valence-electron chi connectivity index (χ2n) is 7.06. The zero-order valence-electron chi connectivity index (χ0n) is 15.7. The Morgan fingerprint density at radius 3 is 2.54 bits per heavy atom. The molecular weight excluding hydrogens is 330 g/mol. The predicted molar refractivity (Wildman–Crippen MR) is 101 cm³/mol. The van der Waals surface area contributed by atoms with Crippen LogP contribution in [0.2, 0.25) is 0 Å². The Balaban J connectivity index is 1.84. The summed E-state index contributed by atoms with van der Waals surface area (Å²) in [5.74, 6) is -0.347. The summed E-state index contributed by atoms with van der Waals surface area (Å²) >= 11 is 0. The number of ether oxygens (including phenoxy) is 1. The van der Waals surface area contributed by atoms with Gasteiger partial charge in [0.15, 0.2) is 0 Å². The maximum Gasteiger partial charge on any atom is 0.253 e. The van der Waals surface area contributed by atoms with E-state index < -0.39 is 0 Å². The third-order valence-corrected chi connectivity index (χ3v) is 5.59. The van der Waals surface area contributed by atoms with Gasteiger partial charge in [0.25, 0.3) is 5.91 Å². The van der Waals surface area contributed by atoms with E-state index in [9.17, 15) is 9.59 Å². The Hall–Kier alpha value is -2.34. The van der Waals surface area contributed by atoms with Crippen LogP contribution < -0.4 is 5.73 Å². The summed E-state index contributed by atoms with van der Waals surface area (Å²) in [6.45, 7) is 6.80. The molecule has 0 bridgehead atoms. The summed E-state index contributed by atoms with van der Waals surface area (Å²) in [5.41, 5.74) is 9.59. The van der Waals surface area contributed by atoms with Gasteiger partial charge in [0.1, 0.15) is 0 Å². The first-order valence-corrected chi connectivity index (χ1v) is 9.11. The van der Waals surface area contributed by atoms with Crippen LogP contribution in [-0.4, -0.2) is 48.1 Å². The Morgan fingerprint density at radius 1 is 1.23 bits per heavy atom. The topological polar surface area (TPSA) is 77.6 Å². The lowest BCUT2D eigenvalue weighted by atomic mass is 9.95. The van der Waals surface area contributed by atoms with Crippen molar-refractivity contribution in [3.63, 3.8) is 0 Å². The zero-order chi connectivity index (χ0) is 18.8. The molecular formula is C20H27N3O3. The van der Waals surface area contributed by atoms with Crippen molar-refractivity contribution in [2.24, 2.45) is 11.7 Å². The lowest BCUT2D eigenvalue weighted by Gasteiger charge is -2.30. The van der Waals surface area contributed by atoms with Crippen LogP contribution in [0.1, 0.15) is 34.5 Å². The smallest absolute Gasteiger partial charge is 0.253 e. The molecule has 1 saturated heterocycles. The highest BCUT2D eigenvalue weighted by atomic mass is 16.5. The lowest BCUT2D eigenvalue weighted by Crippen LogP contribution is -2.41. The fourth-order valence-electron chi connectivity index (χ4n) is 3.80. The number of nitrogens with zero attached hydrogens (tertiary/aromatic N) is 2. The first-order valence-electron chi connectivity index (χ1n) is 9.11. The quantitative estimate of drug-likeness (QED) is 0.891. The summed E-state index contributed by atoms with van der Waals surface area (Å²) in [6, 6.07) is 5.91. The number of amides is 2. The van der Waals surface area contributed by atoms with Crippen molar-refractivity contribution in [2.45, 2.75) is 33.2 Å². The van der Waals surface area contributed by atoms with E-state index in [1.165, 1.54) is 11.3 Å². The zero-order valence-corrected chi connectivity index (χ0v) is 15.7. The minimum absolute atomic E-state index is 0.0246. The van der Waals surface area contributed by atoms with Crippen molar-refractivity contribution in [1.82, 2.24) is 9.47 Å². The Bertz CT molecular complexity index is 832. The SMILES string of the molecule is COCCn1c(C)c(C)c2cc(C(=O)N3CCC(C(N)=O)CC3)ccc21. The molecule has 0 radical (unpaired) electrons. The molecule has 0 spiro atoms. The molecule has 2 amide bonds. The fraction of sp³-hybridized carbons (Fsp3) is 0.500. The molecule has 6 heteroatoms. The van der Waals surface area contributed by atoms with Gasteiger partial charge in [0.2, 0.25) is 5.91 Å². The van der Waals surface area contributed by atoms with Crippen molar-refractivity contribution in [1.29, 1.82) is 0 Å². The van der Waals surface area contributed by atoms with Gasteiger partial charge in [0, 0.05) is 54.8 Å². The number of hydrogen-bond donors (Lipinski definition) is 1. The number of aromatic nitrogens is 1. The van der Waals surface area contributed by atoms with E-state index in [-0.39, 0.29) is 17.7 Å². The van der Waals surface area contributed by atoms with Crippen LogP contribution in [0.3, 0.4) is 0 Å². The van der Waals surface area contributed by atoms with Gasteiger partial charge in [-0.3, -0.25) is 9.59 Å². The third-order valence-electron chi connectivity index (χ3n) is 5.59. The number of fused-ring (bicyclic) bond motifs is 1. The first-order chi connectivity index (χ1) is 12.4. The second-order valence-corrected chi connectivity index (χ2v) is 7.06. The molecule has 0 unspecified atom stereocenters. The van der Waals surface area contributed by atoms with E-state index in [0.29, 0.717) is 38.1 Å². The van der Waals surface area contributed by atoms with Gasteiger partial charge in [-0.2, -0.15) is 0 Å². The van der Waals surface area contributed by atoms with Crippen molar-refractivity contribution < 1.29 is 14.3 Å².